The molecule has 134 valence electrons. The van der Waals surface area contributed by atoms with Crippen molar-refractivity contribution < 1.29 is 17.6 Å². The van der Waals surface area contributed by atoms with E-state index in [2.05, 4.69) is 9.97 Å². The molecule has 0 fully saturated rings. The van der Waals surface area contributed by atoms with Gasteiger partial charge in [-0.3, -0.25) is 0 Å². The number of halogens is 4. The van der Waals surface area contributed by atoms with Crippen LogP contribution in [-0.4, -0.2) is 9.97 Å². The highest BCUT2D eigenvalue weighted by molar-refractivity contribution is 5.86. The Bertz CT molecular complexity index is 1100. The van der Waals surface area contributed by atoms with Gasteiger partial charge in [0.15, 0.2) is 0 Å². The van der Waals surface area contributed by atoms with Crippen LogP contribution in [0.15, 0.2) is 72.8 Å². The van der Waals surface area contributed by atoms with Crippen molar-refractivity contribution >= 4 is 11.0 Å². The van der Waals surface area contributed by atoms with Crippen LogP contribution in [-0.2, 0) is 6.18 Å². The first-order valence-corrected chi connectivity index (χ1v) is 8.12. The molecule has 0 aliphatic heterocycles. The zero-order valence-corrected chi connectivity index (χ0v) is 13.8. The number of nitrogens with zero attached hydrogens (tertiary/aromatic N) is 2. The summed E-state index contributed by atoms with van der Waals surface area (Å²) in [6, 6.07) is 17.7. The topological polar surface area (TPSA) is 25.8 Å². The summed E-state index contributed by atoms with van der Waals surface area (Å²) >= 11 is 0. The lowest BCUT2D eigenvalue weighted by Gasteiger charge is -2.12. The van der Waals surface area contributed by atoms with Crippen molar-refractivity contribution in [3.8, 4) is 22.5 Å². The molecule has 0 amide bonds. The standard InChI is InChI=1S/C21H12F4N2/c22-16-11-7-14(8-12-16)20-19(26-17-3-1-2-4-18(17)27-20)13-5-9-15(10-6-13)21(23,24)25/h1-12H. The normalized spacial score (nSPS) is 11.7. The van der Waals surface area contributed by atoms with E-state index in [0.29, 0.717) is 33.5 Å². The highest BCUT2D eigenvalue weighted by atomic mass is 19.4. The van der Waals surface area contributed by atoms with Gasteiger partial charge in [0.1, 0.15) is 5.82 Å². The molecular weight excluding hydrogens is 356 g/mol. The van der Waals surface area contributed by atoms with Gasteiger partial charge >= 0.3 is 6.18 Å². The van der Waals surface area contributed by atoms with Crippen molar-refractivity contribution in [1.82, 2.24) is 9.97 Å². The van der Waals surface area contributed by atoms with Crippen molar-refractivity contribution in [2.75, 3.05) is 0 Å². The van der Waals surface area contributed by atoms with Gasteiger partial charge in [0, 0.05) is 11.1 Å². The van der Waals surface area contributed by atoms with Gasteiger partial charge in [0.25, 0.3) is 0 Å². The van der Waals surface area contributed by atoms with Crippen LogP contribution in [0.2, 0.25) is 0 Å². The van der Waals surface area contributed by atoms with E-state index in [1.807, 2.05) is 12.1 Å². The molecule has 0 spiro atoms. The molecule has 4 aromatic rings. The van der Waals surface area contributed by atoms with Crippen LogP contribution in [0.1, 0.15) is 5.56 Å². The van der Waals surface area contributed by atoms with Crippen molar-refractivity contribution in [2.24, 2.45) is 0 Å². The molecule has 4 rings (SSSR count). The maximum Gasteiger partial charge on any atom is 0.416 e. The van der Waals surface area contributed by atoms with Gasteiger partial charge in [-0.05, 0) is 48.5 Å². The van der Waals surface area contributed by atoms with Crippen molar-refractivity contribution in [3.63, 3.8) is 0 Å². The minimum absolute atomic E-state index is 0.386. The van der Waals surface area contributed by atoms with E-state index >= 15 is 0 Å². The summed E-state index contributed by atoms with van der Waals surface area (Å²) in [7, 11) is 0. The third-order valence-electron chi connectivity index (χ3n) is 4.17. The quantitative estimate of drug-likeness (QED) is 0.398. The maximum absolute atomic E-state index is 13.3. The second-order valence-corrected chi connectivity index (χ2v) is 5.99. The summed E-state index contributed by atoms with van der Waals surface area (Å²) < 4.78 is 51.8. The summed E-state index contributed by atoms with van der Waals surface area (Å²) in [5, 5.41) is 0. The fourth-order valence-electron chi connectivity index (χ4n) is 2.83. The Hall–Kier alpha value is -3.28. The number of hydrogen-bond donors (Lipinski definition) is 0. The Morgan fingerprint density at radius 3 is 1.48 bits per heavy atom. The van der Waals surface area contributed by atoms with Gasteiger partial charge in [0.05, 0.1) is 28.0 Å². The largest absolute Gasteiger partial charge is 0.416 e. The summed E-state index contributed by atoms with van der Waals surface area (Å²) in [6.45, 7) is 0. The number of alkyl halides is 3. The molecule has 0 saturated heterocycles. The predicted molar refractivity (Wildman–Crippen MR) is 95.4 cm³/mol. The van der Waals surface area contributed by atoms with Crippen molar-refractivity contribution in [3.05, 3.63) is 84.2 Å². The smallest absolute Gasteiger partial charge is 0.244 e. The minimum atomic E-state index is -4.41. The first-order valence-electron chi connectivity index (χ1n) is 8.12. The number of para-hydroxylation sites is 2. The van der Waals surface area contributed by atoms with Crippen LogP contribution in [0.4, 0.5) is 17.6 Å². The van der Waals surface area contributed by atoms with E-state index in [1.165, 1.54) is 24.3 Å². The third-order valence-corrected chi connectivity index (χ3v) is 4.17. The van der Waals surface area contributed by atoms with Gasteiger partial charge in [-0.25, -0.2) is 14.4 Å². The number of fused-ring (bicyclic) bond motifs is 1. The zero-order valence-electron chi connectivity index (χ0n) is 13.8. The number of rotatable bonds is 2. The van der Waals surface area contributed by atoms with E-state index in [9.17, 15) is 17.6 Å². The van der Waals surface area contributed by atoms with E-state index in [-0.39, 0.29) is 5.82 Å². The van der Waals surface area contributed by atoms with Gasteiger partial charge in [-0.2, -0.15) is 13.2 Å². The fourth-order valence-corrected chi connectivity index (χ4v) is 2.83. The van der Waals surface area contributed by atoms with Gasteiger partial charge < -0.3 is 0 Å². The van der Waals surface area contributed by atoms with Crippen LogP contribution < -0.4 is 0 Å². The molecule has 3 aromatic carbocycles. The molecule has 27 heavy (non-hydrogen) atoms. The van der Waals surface area contributed by atoms with Gasteiger partial charge in [-0.15, -0.1) is 0 Å². The highest BCUT2D eigenvalue weighted by Crippen LogP contribution is 2.34. The monoisotopic (exact) mass is 368 g/mol. The Morgan fingerprint density at radius 1 is 0.593 bits per heavy atom. The Balaban J connectivity index is 1.92. The lowest BCUT2D eigenvalue weighted by atomic mass is 10.0. The summed E-state index contributed by atoms with van der Waals surface area (Å²) in [4.78, 5) is 9.21. The second kappa shape index (κ2) is 6.46. The molecule has 0 bridgehead atoms. The molecule has 0 radical (unpaired) electrons. The van der Waals surface area contributed by atoms with Crippen LogP contribution in [0, 0.1) is 5.82 Å². The molecule has 1 heterocycles. The van der Waals surface area contributed by atoms with Crippen LogP contribution in [0.3, 0.4) is 0 Å². The maximum atomic E-state index is 13.3. The lowest BCUT2D eigenvalue weighted by Crippen LogP contribution is -2.04. The SMILES string of the molecule is Fc1ccc(-c2nc3ccccc3nc2-c2ccc(C(F)(F)F)cc2)cc1. The van der Waals surface area contributed by atoms with Crippen molar-refractivity contribution in [2.45, 2.75) is 6.18 Å². The Kier molecular flexibility index (Phi) is 4.11. The Labute approximate surface area is 152 Å². The summed E-state index contributed by atoms with van der Waals surface area (Å²) in [5.74, 6) is -0.386. The van der Waals surface area contributed by atoms with Gasteiger partial charge in [-0.1, -0.05) is 24.3 Å². The first kappa shape index (κ1) is 17.1. The zero-order chi connectivity index (χ0) is 19.0. The molecule has 1 aromatic heterocycles. The summed E-state index contributed by atoms with van der Waals surface area (Å²) in [5.41, 5.74) is 2.58. The molecular formula is C21H12F4N2. The van der Waals surface area contributed by atoms with E-state index in [4.69, 9.17) is 0 Å². The van der Waals surface area contributed by atoms with Crippen LogP contribution in [0.25, 0.3) is 33.5 Å². The van der Waals surface area contributed by atoms with Crippen LogP contribution >= 0.6 is 0 Å². The van der Waals surface area contributed by atoms with Crippen molar-refractivity contribution in [1.29, 1.82) is 0 Å². The first-order chi connectivity index (χ1) is 12.9. The molecule has 0 atom stereocenters. The molecule has 0 saturated carbocycles. The molecule has 0 aliphatic carbocycles. The fraction of sp³-hybridized carbons (Fsp3) is 0.0476. The minimum Gasteiger partial charge on any atom is -0.244 e. The second-order valence-electron chi connectivity index (χ2n) is 5.99. The number of hydrogen-bond acceptors (Lipinski definition) is 2. The summed E-state index contributed by atoms with van der Waals surface area (Å²) in [6.07, 6.45) is -4.41. The molecule has 0 N–H and O–H groups in total. The molecule has 0 unspecified atom stereocenters. The number of aromatic nitrogens is 2. The van der Waals surface area contributed by atoms with Gasteiger partial charge in [0.2, 0.25) is 0 Å². The van der Waals surface area contributed by atoms with E-state index in [0.717, 1.165) is 12.1 Å². The van der Waals surface area contributed by atoms with E-state index < -0.39 is 11.7 Å². The average Bonchev–Trinajstić information content (AvgIpc) is 2.67. The highest BCUT2D eigenvalue weighted by Gasteiger charge is 2.30. The molecule has 0 aliphatic rings. The lowest BCUT2D eigenvalue weighted by molar-refractivity contribution is -0.137. The predicted octanol–water partition coefficient (Wildman–Crippen LogP) is 6.12. The molecule has 2 nitrogen and oxygen atoms in total. The van der Waals surface area contributed by atoms with Crippen LogP contribution in [0.5, 0.6) is 0 Å². The Morgan fingerprint density at radius 2 is 1.04 bits per heavy atom. The number of benzene rings is 3. The average molecular weight is 368 g/mol. The van der Waals surface area contributed by atoms with E-state index in [1.54, 1.807) is 24.3 Å². The molecule has 6 heteroatoms. The third kappa shape index (κ3) is 3.38.